The molecule has 0 amide bonds. The van der Waals surface area contributed by atoms with Crippen LogP contribution in [-0.4, -0.2) is 172 Å². The fourth-order valence-corrected chi connectivity index (χ4v) is 0. The molecule has 0 unspecified atom stereocenters. The van der Waals surface area contributed by atoms with Gasteiger partial charge in [0.05, 0.1) is 0 Å². The van der Waals surface area contributed by atoms with Crippen LogP contribution in [0.5, 0.6) is 0 Å². The molecular weight excluding hydrogens is 610 g/mol. The Bertz CT molecular complexity index is 221. The molecule has 0 N–H and O–H groups in total. The first-order valence-corrected chi connectivity index (χ1v) is 9.19. The molecule has 0 bridgehead atoms. The van der Waals surface area contributed by atoms with Crippen molar-refractivity contribution in [3.63, 3.8) is 0 Å². The molecule has 0 saturated heterocycles. The Balaban J connectivity index is -0.0000000161. The molecular formula is Al2O15Si5Sr2. The summed E-state index contributed by atoms with van der Waals surface area (Å²) in [5.41, 5.74) is 0. The van der Waals surface area contributed by atoms with Gasteiger partial charge in [-0.15, -0.1) is 0 Å². The van der Waals surface area contributed by atoms with Crippen molar-refractivity contribution in [3.8, 4) is 0 Å². The summed E-state index contributed by atoms with van der Waals surface area (Å²) in [6, 6.07) is 0. The second-order valence-electron chi connectivity index (χ2n) is 1.25. The van der Waals surface area contributed by atoms with Crippen LogP contribution in [0, 0.1) is 0 Å². The monoisotopic (exact) mass is 610 g/mol. The third-order valence-corrected chi connectivity index (χ3v) is 0. The zero-order valence-corrected chi connectivity index (χ0v) is 25.5. The maximum atomic E-state index is 8.52. The molecule has 0 aromatic rings. The van der Waals surface area contributed by atoms with Gasteiger partial charge in [-0.2, -0.15) is 0 Å². The molecule has 24 heavy (non-hydrogen) atoms. The quantitative estimate of drug-likeness (QED) is 0.230. The van der Waals surface area contributed by atoms with E-state index < -0.39 is 45.9 Å². The Hall–Kier alpha value is 2.11. The standard InChI is InChI=1S/2Al.5O3Si.2Sr/c;;5*1-4(2)3;;/q2*+3;5*-2;2*+2. The van der Waals surface area contributed by atoms with Gasteiger partial charge >= 0.3 is 126 Å². The van der Waals surface area contributed by atoms with E-state index in [9.17, 15) is 0 Å². The van der Waals surface area contributed by atoms with Gasteiger partial charge in [0.1, 0.15) is 0 Å². The molecule has 0 spiro atoms. The Morgan fingerprint density at radius 3 is 0.333 bits per heavy atom. The molecule has 0 aliphatic rings. The van der Waals surface area contributed by atoms with E-state index in [0.29, 0.717) is 0 Å². The molecule has 120 valence electrons. The summed E-state index contributed by atoms with van der Waals surface area (Å²) in [7, 11) is -18.1. The minimum atomic E-state index is -3.63. The third-order valence-electron chi connectivity index (χ3n) is 0. The van der Waals surface area contributed by atoms with Crippen LogP contribution >= 0.6 is 0 Å². The Labute approximate surface area is 237 Å². The van der Waals surface area contributed by atoms with Gasteiger partial charge in [0.25, 0.3) is 0 Å². The van der Waals surface area contributed by atoms with Gasteiger partial charge < -0.3 is 70.3 Å². The predicted octanol–water partition coefficient (Wildman–Crippen LogP) is -15.9. The average Bonchev–Trinajstić information content (AvgIpc) is 1.94. The summed E-state index contributed by atoms with van der Waals surface area (Å²) < 4.78 is 42.6. The topological polar surface area (TPSA) is 316 Å². The van der Waals surface area contributed by atoms with Crippen LogP contribution in [0.4, 0.5) is 0 Å². The van der Waals surface area contributed by atoms with Crippen LogP contribution in [0.3, 0.4) is 0 Å². The van der Waals surface area contributed by atoms with Gasteiger partial charge in [-0.05, 0) is 0 Å². The summed E-state index contributed by atoms with van der Waals surface area (Å²) in [6.45, 7) is 0. The van der Waals surface area contributed by atoms with E-state index in [1.807, 2.05) is 0 Å². The van der Waals surface area contributed by atoms with E-state index in [1.54, 1.807) is 0 Å². The van der Waals surface area contributed by atoms with Crippen molar-refractivity contribution in [3.05, 3.63) is 0 Å². The first-order chi connectivity index (χ1) is 8.66. The fraction of sp³-hybridized carbons (Fsp3) is 0. The van der Waals surface area contributed by atoms with E-state index in [0.717, 1.165) is 0 Å². The van der Waals surface area contributed by atoms with Crippen molar-refractivity contribution >= 4 is 172 Å². The maximum Gasteiger partial charge on any atom is 3.00 e. The predicted molar refractivity (Wildman–Crippen MR) is 55.2 cm³/mol. The molecule has 0 aromatic heterocycles. The fourth-order valence-electron chi connectivity index (χ4n) is 0. The minimum Gasteiger partial charge on any atom is -0.672 e. The molecule has 0 radical (unpaired) electrons. The van der Waals surface area contributed by atoms with Crippen molar-refractivity contribution in [2.45, 2.75) is 0 Å². The Morgan fingerprint density at radius 2 is 0.333 bits per heavy atom. The van der Waals surface area contributed by atoms with Gasteiger partial charge in [0.2, 0.25) is 0 Å². The van der Waals surface area contributed by atoms with Crippen molar-refractivity contribution in [1.82, 2.24) is 0 Å². The summed E-state index contributed by atoms with van der Waals surface area (Å²) >= 11 is 0. The second kappa shape index (κ2) is 49.9. The molecule has 0 aromatic carbocycles. The number of rotatable bonds is 0. The smallest absolute Gasteiger partial charge is 0.672 e. The zero-order valence-electron chi connectivity index (χ0n) is 11.2. The molecule has 0 atom stereocenters. The van der Waals surface area contributed by atoms with Gasteiger partial charge in [-0.25, -0.2) is 0 Å². The van der Waals surface area contributed by atoms with E-state index in [-0.39, 0.29) is 126 Å². The van der Waals surface area contributed by atoms with Crippen LogP contribution in [-0.2, 0) is 22.3 Å². The van der Waals surface area contributed by atoms with E-state index in [1.165, 1.54) is 0 Å². The molecule has 0 fully saturated rings. The molecule has 0 rings (SSSR count). The second-order valence-corrected chi connectivity index (χ2v) is 3.75. The largest absolute Gasteiger partial charge is 3.00 e. The van der Waals surface area contributed by atoms with Crippen LogP contribution in [0.2, 0.25) is 0 Å². The molecule has 0 saturated carbocycles. The first-order valence-electron chi connectivity index (χ1n) is 3.06. The zero-order chi connectivity index (χ0) is 17.9. The van der Waals surface area contributed by atoms with Crippen LogP contribution in [0.1, 0.15) is 0 Å². The van der Waals surface area contributed by atoms with Crippen LogP contribution in [0.15, 0.2) is 0 Å². The van der Waals surface area contributed by atoms with Crippen molar-refractivity contribution in [2.75, 3.05) is 0 Å². The van der Waals surface area contributed by atoms with Gasteiger partial charge in [0, 0.05) is 45.9 Å². The normalized spacial score (nSPS) is 5.00. The van der Waals surface area contributed by atoms with E-state index >= 15 is 0 Å². The van der Waals surface area contributed by atoms with Gasteiger partial charge in [-0.1, -0.05) is 0 Å². The van der Waals surface area contributed by atoms with Crippen molar-refractivity contribution in [2.24, 2.45) is 0 Å². The maximum absolute atomic E-state index is 8.52. The number of hydrogen-bond acceptors (Lipinski definition) is 15. The molecule has 0 aliphatic heterocycles. The van der Waals surface area contributed by atoms with Crippen LogP contribution < -0.4 is 48.0 Å². The molecule has 0 aliphatic carbocycles. The van der Waals surface area contributed by atoms with Crippen molar-refractivity contribution < 1.29 is 70.3 Å². The molecule has 15 nitrogen and oxygen atoms in total. The Morgan fingerprint density at radius 1 is 0.333 bits per heavy atom. The SMILES string of the molecule is O=[Si]([O-])[O-].O=[Si]([O-])[O-].O=[Si]([O-])[O-].O=[Si]([O-])[O-].O=[Si]([O-])[O-].[Al+3].[Al+3].[Sr+2].[Sr+2]. The number of hydrogen-bond donors (Lipinski definition) is 0. The van der Waals surface area contributed by atoms with Gasteiger partial charge in [0.15, 0.2) is 0 Å². The molecule has 0 heterocycles. The average molecular weight is 610 g/mol. The molecule has 24 heteroatoms. The summed E-state index contributed by atoms with van der Waals surface area (Å²) in [6.07, 6.45) is 0. The Kier molecular flexibility index (Phi) is 117. The van der Waals surface area contributed by atoms with Crippen molar-refractivity contribution in [1.29, 1.82) is 0 Å². The minimum absolute atomic E-state index is 0. The van der Waals surface area contributed by atoms with Gasteiger partial charge in [-0.3, -0.25) is 0 Å². The summed E-state index contributed by atoms with van der Waals surface area (Å²) in [5, 5.41) is 0. The first kappa shape index (κ1) is 56.2. The van der Waals surface area contributed by atoms with E-state index in [4.69, 9.17) is 70.3 Å². The summed E-state index contributed by atoms with van der Waals surface area (Å²) in [4.78, 5) is 85.2. The summed E-state index contributed by atoms with van der Waals surface area (Å²) in [5.74, 6) is 0. The van der Waals surface area contributed by atoms with E-state index in [2.05, 4.69) is 0 Å². The third kappa shape index (κ3) is 2890. The van der Waals surface area contributed by atoms with Crippen LogP contribution in [0.25, 0.3) is 0 Å².